The summed E-state index contributed by atoms with van der Waals surface area (Å²) in [6.07, 6.45) is 2.38. The number of benzene rings is 3. The van der Waals surface area contributed by atoms with Gasteiger partial charge in [0.15, 0.2) is 0 Å². The van der Waals surface area contributed by atoms with Crippen LogP contribution in [0.2, 0.25) is 0 Å². The van der Waals surface area contributed by atoms with E-state index in [4.69, 9.17) is 4.74 Å². The van der Waals surface area contributed by atoms with Crippen LogP contribution in [0.1, 0.15) is 50.3 Å². The Morgan fingerprint density at radius 2 is 1.71 bits per heavy atom. The number of allylic oxidation sites excluding steroid dienone is 1. The first-order valence-electron chi connectivity index (χ1n) is 13.2. The van der Waals surface area contributed by atoms with Gasteiger partial charge in [-0.05, 0) is 86.1 Å². The fourth-order valence-corrected chi connectivity index (χ4v) is 6.54. The SMILES string of the molecule is CC(C)(C)OC(=O)N1C=CCCC(C(F)(F)c2c3c(cc(-c4ccc(F)cc4)c2S(=O)(=O)O)-c2ccccc2C3)C1. The zero-order chi connectivity index (χ0) is 29.7. The molecule has 1 aliphatic heterocycles. The predicted octanol–water partition coefficient (Wildman–Crippen LogP) is 7.56. The summed E-state index contributed by atoms with van der Waals surface area (Å²) in [4.78, 5) is 13.0. The molecular formula is C31H30F3NO5S. The highest BCUT2D eigenvalue weighted by atomic mass is 32.2. The maximum atomic E-state index is 17.0. The lowest BCUT2D eigenvalue weighted by atomic mass is 9.84. The van der Waals surface area contributed by atoms with E-state index in [0.717, 1.165) is 22.6 Å². The van der Waals surface area contributed by atoms with E-state index in [0.29, 0.717) is 11.1 Å². The minimum absolute atomic E-state index is 0.0311. The Bertz CT molecular complexity index is 1640. The van der Waals surface area contributed by atoms with Gasteiger partial charge in [0.2, 0.25) is 0 Å². The number of ether oxygens (including phenoxy) is 1. The number of halogens is 3. The number of carbonyl (C=O) groups is 1. The van der Waals surface area contributed by atoms with Crippen molar-refractivity contribution in [3.05, 3.63) is 89.4 Å². The minimum atomic E-state index is -5.21. The second-order valence-corrected chi connectivity index (χ2v) is 12.7. The molecule has 5 rings (SSSR count). The number of fused-ring (bicyclic) bond motifs is 3. The average Bonchev–Trinajstić information content (AvgIpc) is 3.05. The molecule has 41 heavy (non-hydrogen) atoms. The van der Waals surface area contributed by atoms with Crippen LogP contribution in [-0.4, -0.2) is 36.1 Å². The highest BCUT2D eigenvalue weighted by molar-refractivity contribution is 7.86. The molecule has 1 atom stereocenters. The lowest BCUT2D eigenvalue weighted by Gasteiger charge is -2.33. The zero-order valence-corrected chi connectivity index (χ0v) is 23.6. The van der Waals surface area contributed by atoms with E-state index in [2.05, 4.69) is 0 Å². The first kappa shape index (κ1) is 28.9. The number of alkyl halides is 2. The normalized spacial score (nSPS) is 17.1. The fraction of sp³-hybridized carbons (Fsp3) is 0.323. The summed E-state index contributed by atoms with van der Waals surface area (Å²) in [5, 5.41) is 0. The molecule has 0 bridgehead atoms. The van der Waals surface area contributed by atoms with Gasteiger partial charge in [-0.2, -0.15) is 8.42 Å². The summed E-state index contributed by atoms with van der Waals surface area (Å²) in [7, 11) is -5.21. The third-order valence-electron chi connectivity index (χ3n) is 7.33. The first-order valence-corrected chi connectivity index (χ1v) is 14.7. The van der Waals surface area contributed by atoms with Gasteiger partial charge in [0.1, 0.15) is 16.3 Å². The van der Waals surface area contributed by atoms with Gasteiger partial charge in [-0.15, -0.1) is 0 Å². The van der Waals surface area contributed by atoms with E-state index in [1.807, 2.05) is 0 Å². The van der Waals surface area contributed by atoms with Gasteiger partial charge >= 0.3 is 6.09 Å². The van der Waals surface area contributed by atoms with Gasteiger partial charge in [-0.3, -0.25) is 9.45 Å². The lowest BCUT2D eigenvalue weighted by molar-refractivity contribution is -0.0771. The van der Waals surface area contributed by atoms with Crippen LogP contribution < -0.4 is 0 Å². The van der Waals surface area contributed by atoms with E-state index in [9.17, 15) is 22.2 Å². The first-order chi connectivity index (χ1) is 19.2. The highest BCUT2D eigenvalue weighted by Gasteiger charge is 2.49. The Morgan fingerprint density at radius 3 is 2.37 bits per heavy atom. The molecule has 1 amide bonds. The summed E-state index contributed by atoms with van der Waals surface area (Å²) in [5.74, 6) is -5.91. The Morgan fingerprint density at radius 1 is 1.02 bits per heavy atom. The Balaban J connectivity index is 1.73. The van der Waals surface area contributed by atoms with Crippen molar-refractivity contribution in [3.8, 4) is 22.3 Å². The van der Waals surface area contributed by atoms with E-state index in [-0.39, 0.29) is 36.0 Å². The quantitative estimate of drug-likeness (QED) is 0.250. The molecule has 1 aliphatic carbocycles. The number of rotatable bonds is 4. The van der Waals surface area contributed by atoms with Gasteiger partial charge in [-0.1, -0.05) is 42.5 Å². The van der Waals surface area contributed by atoms with Crippen molar-refractivity contribution in [3.63, 3.8) is 0 Å². The minimum Gasteiger partial charge on any atom is -0.443 e. The molecule has 0 saturated heterocycles. The molecule has 1 N–H and O–H groups in total. The number of amides is 1. The predicted molar refractivity (Wildman–Crippen MR) is 149 cm³/mol. The monoisotopic (exact) mass is 585 g/mol. The van der Waals surface area contributed by atoms with Gasteiger partial charge in [-0.25, -0.2) is 18.0 Å². The zero-order valence-electron chi connectivity index (χ0n) is 22.8. The van der Waals surface area contributed by atoms with Crippen LogP contribution >= 0.6 is 0 Å². The maximum absolute atomic E-state index is 17.0. The second kappa shape index (κ2) is 10.3. The summed E-state index contributed by atoms with van der Waals surface area (Å²) < 4.78 is 89.5. The van der Waals surface area contributed by atoms with E-state index in [1.165, 1.54) is 24.4 Å². The van der Waals surface area contributed by atoms with Gasteiger partial charge in [0.05, 0.1) is 0 Å². The molecule has 216 valence electrons. The molecule has 2 aliphatic rings. The van der Waals surface area contributed by atoms with Crippen molar-refractivity contribution in [1.29, 1.82) is 0 Å². The maximum Gasteiger partial charge on any atom is 0.414 e. The molecule has 0 spiro atoms. The number of nitrogens with zero attached hydrogens (tertiary/aromatic N) is 1. The number of carbonyl (C=O) groups excluding carboxylic acids is 1. The Hall–Kier alpha value is -3.63. The molecular weight excluding hydrogens is 555 g/mol. The van der Waals surface area contributed by atoms with Crippen LogP contribution in [0.4, 0.5) is 18.0 Å². The number of hydrogen-bond acceptors (Lipinski definition) is 4. The standard InChI is InChI=1S/C31H30F3NO5S/c1-30(2,3)40-29(36)35-15-7-6-9-21(18-35)31(33,34)27-26-16-20-8-4-5-10-23(20)25(26)17-24(28(27)41(37,38)39)19-11-13-22(32)14-12-19/h4-5,7-8,10-15,17,21H,6,9,16,18H2,1-3H3,(H,37,38,39). The largest absolute Gasteiger partial charge is 0.443 e. The smallest absolute Gasteiger partial charge is 0.414 e. The van der Waals surface area contributed by atoms with Crippen molar-refractivity contribution in [2.75, 3.05) is 6.54 Å². The molecule has 0 fully saturated rings. The lowest BCUT2D eigenvalue weighted by Crippen LogP contribution is -2.40. The van der Waals surface area contributed by atoms with Crippen LogP contribution in [-0.2, 0) is 27.2 Å². The van der Waals surface area contributed by atoms with E-state index in [1.54, 1.807) is 51.1 Å². The van der Waals surface area contributed by atoms with Crippen molar-refractivity contribution >= 4 is 16.2 Å². The number of hydrogen-bond donors (Lipinski definition) is 1. The average molecular weight is 586 g/mol. The Labute approximate surface area is 237 Å². The molecule has 6 nitrogen and oxygen atoms in total. The van der Waals surface area contributed by atoms with Crippen molar-refractivity contribution in [1.82, 2.24) is 4.90 Å². The summed E-state index contributed by atoms with van der Waals surface area (Å²) in [6, 6.07) is 13.3. The van der Waals surface area contributed by atoms with Gasteiger partial charge in [0, 0.05) is 29.8 Å². The van der Waals surface area contributed by atoms with E-state index >= 15 is 8.78 Å². The molecule has 1 heterocycles. The molecule has 3 aromatic rings. The van der Waals surface area contributed by atoms with Crippen molar-refractivity contribution < 1.29 is 35.7 Å². The van der Waals surface area contributed by atoms with E-state index < -0.39 is 56.5 Å². The van der Waals surface area contributed by atoms with Crippen LogP contribution in [0.5, 0.6) is 0 Å². The second-order valence-electron chi connectivity index (χ2n) is 11.4. The highest BCUT2D eigenvalue weighted by Crippen LogP contribution is 2.52. The third kappa shape index (κ3) is 5.63. The molecule has 0 aromatic heterocycles. The fourth-order valence-electron chi connectivity index (χ4n) is 5.56. The van der Waals surface area contributed by atoms with Crippen LogP contribution in [0.25, 0.3) is 22.3 Å². The summed E-state index contributed by atoms with van der Waals surface area (Å²) in [6.45, 7) is 4.56. The van der Waals surface area contributed by atoms with Crippen LogP contribution in [0, 0.1) is 11.7 Å². The van der Waals surface area contributed by atoms with Crippen LogP contribution in [0.15, 0.2) is 71.8 Å². The molecule has 3 aromatic carbocycles. The molecule has 1 unspecified atom stereocenters. The van der Waals surface area contributed by atoms with Crippen molar-refractivity contribution in [2.45, 2.75) is 56.5 Å². The van der Waals surface area contributed by atoms with Crippen LogP contribution in [0.3, 0.4) is 0 Å². The molecule has 10 heteroatoms. The van der Waals surface area contributed by atoms with Gasteiger partial charge in [0.25, 0.3) is 16.0 Å². The molecule has 0 saturated carbocycles. The van der Waals surface area contributed by atoms with Crippen molar-refractivity contribution in [2.24, 2.45) is 5.92 Å². The summed E-state index contributed by atoms with van der Waals surface area (Å²) >= 11 is 0. The molecule has 0 radical (unpaired) electrons. The third-order valence-corrected chi connectivity index (χ3v) is 8.27. The topological polar surface area (TPSA) is 83.9 Å². The Kier molecular flexibility index (Phi) is 7.28. The summed E-state index contributed by atoms with van der Waals surface area (Å²) in [5.41, 5.74) is 0.244. The van der Waals surface area contributed by atoms with Gasteiger partial charge < -0.3 is 4.74 Å².